The minimum absolute atomic E-state index is 0. The zero-order valence-electron chi connectivity index (χ0n) is 14.1. The number of halogens is 4. The predicted octanol–water partition coefficient (Wildman–Crippen LogP) is -0.0625. The molecule has 0 bridgehead atoms. The van der Waals surface area contributed by atoms with Gasteiger partial charge in [0.25, 0.3) is 0 Å². The summed E-state index contributed by atoms with van der Waals surface area (Å²) < 4.78 is 40.6. The molecule has 2 saturated heterocycles. The van der Waals surface area contributed by atoms with Crippen molar-refractivity contribution in [3.05, 3.63) is 30.1 Å². The van der Waals surface area contributed by atoms with Crippen LogP contribution in [0.2, 0.25) is 0 Å². The van der Waals surface area contributed by atoms with Crippen LogP contribution in [0.25, 0.3) is 10.9 Å². The molecule has 2 atom stereocenters. The van der Waals surface area contributed by atoms with Crippen LogP contribution < -0.4 is 28.9 Å². The van der Waals surface area contributed by atoms with Gasteiger partial charge in [-0.3, -0.25) is 0 Å². The minimum Gasteiger partial charge on any atom is -1.00 e. The largest absolute Gasteiger partial charge is 1.00 e. The van der Waals surface area contributed by atoms with Gasteiger partial charge in [-0.2, -0.15) is 13.2 Å². The van der Waals surface area contributed by atoms with Gasteiger partial charge in [0.15, 0.2) is 0 Å². The van der Waals surface area contributed by atoms with Crippen LogP contribution in [-0.2, 0) is 6.18 Å². The van der Waals surface area contributed by atoms with Crippen LogP contribution in [0.1, 0.15) is 12.2 Å². The molecule has 1 aromatic carbocycles. The first-order chi connectivity index (χ1) is 11.2. The molecular formula is C17H20F3IN4. The van der Waals surface area contributed by atoms with Gasteiger partial charge in [-0.15, -0.1) is 0 Å². The number of fused-ring (bicyclic) bond motifs is 2. The third-order valence-electron chi connectivity index (χ3n) is 5.20. The van der Waals surface area contributed by atoms with E-state index in [2.05, 4.69) is 29.0 Å². The van der Waals surface area contributed by atoms with E-state index in [4.69, 9.17) is 0 Å². The van der Waals surface area contributed by atoms with E-state index in [1.165, 1.54) is 0 Å². The number of rotatable bonds is 1. The third-order valence-corrected chi connectivity index (χ3v) is 5.20. The zero-order chi connectivity index (χ0) is 17.1. The number of likely N-dealkylation sites (N-methyl/N-ethyl adjacent to an activating group) is 1. The first kappa shape index (κ1) is 18.6. The van der Waals surface area contributed by atoms with Gasteiger partial charge in [0, 0.05) is 17.8 Å². The average Bonchev–Trinajstić information content (AvgIpc) is 3.00. The lowest BCUT2D eigenvalue weighted by Gasteiger charge is -2.29. The molecular weight excluding hydrogens is 444 g/mol. The number of hydrogen-bond acceptors (Lipinski definition) is 3. The number of aromatic nitrogens is 2. The van der Waals surface area contributed by atoms with Crippen LogP contribution in [0.3, 0.4) is 0 Å². The summed E-state index contributed by atoms with van der Waals surface area (Å²) in [5.41, 5.74) is 0.352. The summed E-state index contributed by atoms with van der Waals surface area (Å²) >= 11 is 0. The summed E-state index contributed by atoms with van der Waals surface area (Å²) in [6.45, 7) is 2.76. The van der Waals surface area contributed by atoms with Gasteiger partial charge in [-0.05, 0) is 18.6 Å². The molecule has 0 amide bonds. The highest BCUT2D eigenvalue weighted by Crippen LogP contribution is 2.39. The molecule has 0 aliphatic carbocycles. The maximum atomic E-state index is 13.2. The van der Waals surface area contributed by atoms with Gasteiger partial charge in [-0.25, -0.2) is 9.97 Å². The summed E-state index contributed by atoms with van der Waals surface area (Å²) in [5.74, 6) is -0.100. The van der Waals surface area contributed by atoms with Gasteiger partial charge < -0.3 is 33.4 Å². The number of para-hydroxylation sites is 1. The quantitative estimate of drug-likeness (QED) is 0.438. The Morgan fingerprint density at radius 2 is 1.84 bits per heavy atom. The number of quaternary nitrogens is 1. The lowest BCUT2D eigenvalue weighted by atomic mass is 10.1. The van der Waals surface area contributed by atoms with Crippen LogP contribution in [0, 0.1) is 5.92 Å². The molecule has 0 spiro atoms. The Kier molecular flexibility index (Phi) is 4.64. The van der Waals surface area contributed by atoms with Crippen LogP contribution >= 0.6 is 0 Å². The fraction of sp³-hybridized carbons (Fsp3) is 0.529. The Hall–Kier alpha value is -1.16. The highest BCUT2D eigenvalue weighted by atomic mass is 127. The smallest absolute Gasteiger partial charge is 0.451 e. The van der Waals surface area contributed by atoms with Crippen molar-refractivity contribution in [2.75, 3.05) is 38.6 Å². The predicted molar refractivity (Wildman–Crippen MR) is 85.6 cm³/mol. The molecule has 3 heterocycles. The SMILES string of the molecule is C[N+]1(C)CC2CCN(c3nc(C(F)(F)F)nc4ccccc34)C2C1.[I-]. The second kappa shape index (κ2) is 6.22. The Balaban J connectivity index is 0.00000182. The molecule has 2 unspecified atom stereocenters. The molecule has 2 aliphatic heterocycles. The van der Waals surface area contributed by atoms with E-state index in [1.807, 2.05) is 12.1 Å². The molecule has 4 nitrogen and oxygen atoms in total. The highest BCUT2D eigenvalue weighted by Gasteiger charge is 2.48. The van der Waals surface area contributed by atoms with Crippen LogP contribution in [-0.4, -0.2) is 54.2 Å². The highest BCUT2D eigenvalue weighted by molar-refractivity contribution is 5.89. The summed E-state index contributed by atoms with van der Waals surface area (Å²) in [6, 6.07) is 7.22. The summed E-state index contributed by atoms with van der Waals surface area (Å²) in [7, 11) is 4.35. The number of hydrogen-bond donors (Lipinski definition) is 0. The fourth-order valence-corrected chi connectivity index (χ4v) is 4.26. The number of anilines is 1. The molecule has 2 aromatic rings. The van der Waals surface area contributed by atoms with E-state index >= 15 is 0 Å². The molecule has 25 heavy (non-hydrogen) atoms. The van der Waals surface area contributed by atoms with Crippen molar-refractivity contribution in [2.24, 2.45) is 5.92 Å². The summed E-state index contributed by atoms with van der Waals surface area (Å²) in [6.07, 6.45) is -3.53. The van der Waals surface area contributed by atoms with Crippen molar-refractivity contribution < 1.29 is 41.6 Å². The molecule has 2 fully saturated rings. The number of likely N-dealkylation sites (tertiary alicyclic amines) is 1. The van der Waals surface area contributed by atoms with Crippen LogP contribution in [0.15, 0.2) is 24.3 Å². The van der Waals surface area contributed by atoms with E-state index in [-0.39, 0.29) is 30.0 Å². The molecule has 1 aromatic heterocycles. The number of benzene rings is 1. The van der Waals surface area contributed by atoms with Crippen molar-refractivity contribution in [3.8, 4) is 0 Å². The van der Waals surface area contributed by atoms with Gasteiger partial charge in [0.05, 0.1) is 38.7 Å². The van der Waals surface area contributed by atoms with Crippen molar-refractivity contribution in [2.45, 2.75) is 18.6 Å². The fourth-order valence-electron chi connectivity index (χ4n) is 4.26. The van der Waals surface area contributed by atoms with Crippen molar-refractivity contribution in [1.29, 1.82) is 0 Å². The average molecular weight is 464 g/mol. The molecule has 8 heteroatoms. The summed E-state index contributed by atoms with van der Waals surface area (Å²) in [5, 5.41) is 0.698. The Bertz CT molecular complexity index is 793. The van der Waals surface area contributed by atoms with Gasteiger partial charge in [0.1, 0.15) is 5.82 Å². The second-order valence-corrected chi connectivity index (χ2v) is 7.50. The van der Waals surface area contributed by atoms with E-state index in [0.29, 0.717) is 22.6 Å². The van der Waals surface area contributed by atoms with E-state index in [9.17, 15) is 13.2 Å². The molecule has 0 radical (unpaired) electrons. The Morgan fingerprint density at radius 3 is 2.56 bits per heavy atom. The maximum Gasteiger partial charge on any atom is 0.451 e. The molecule has 136 valence electrons. The van der Waals surface area contributed by atoms with Gasteiger partial charge in [0.2, 0.25) is 5.82 Å². The molecule has 0 N–H and O–H groups in total. The lowest BCUT2D eigenvalue weighted by molar-refractivity contribution is -0.879. The van der Waals surface area contributed by atoms with Crippen LogP contribution in [0.5, 0.6) is 0 Å². The maximum absolute atomic E-state index is 13.2. The number of nitrogens with zero attached hydrogens (tertiary/aromatic N) is 4. The molecule has 0 saturated carbocycles. The first-order valence-corrected chi connectivity index (χ1v) is 8.17. The normalized spacial score (nSPS) is 25.1. The van der Waals surface area contributed by atoms with Crippen molar-refractivity contribution >= 4 is 16.7 Å². The molecule has 4 rings (SSSR count). The standard InChI is InChI=1S/C17H20F3N4.HI/c1-24(2)9-11-7-8-23(14(11)10-24)15-12-5-3-4-6-13(12)21-16(22-15)17(18,19)20;/h3-6,11,14H,7-10H2,1-2H3;1H/q+1;/p-1. The third kappa shape index (κ3) is 3.30. The Morgan fingerprint density at radius 1 is 1.12 bits per heavy atom. The van der Waals surface area contributed by atoms with Gasteiger partial charge in [-0.1, -0.05) is 12.1 Å². The topological polar surface area (TPSA) is 29.0 Å². The number of alkyl halides is 3. The van der Waals surface area contributed by atoms with Crippen LogP contribution in [0.4, 0.5) is 19.0 Å². The summed E-state index contributed by atoms with van der Waals surface area (Å²) in [4.78, 5) is 9.75. The van der Waals surface area contributed by atoms with E-state index < -0.39 is 12.0 Å². The second-order valence-electron chi connectivity index (χ2n) is 7.50. The lowest BCUT2D eigenvalue weighted by Crippen LogP contribution is -3.00. The van der Waals surface area contributed by atoms with Gasteiger partial charge >= 0.3 is 6.18 Å². The van der Waals surface area contributed by atoms with Crippen molar-refractivity contribution in [1.82, 2.24) is 9.97 Å². The van der Waals surface area contributed by atoms with E-state index in [0.717, 1.165) is 30.5 Å². The monoisotopic (exact) mass is 464 g/mol. The van der Waals surface area contributed by atoms with E-state index in [1.54, 1.807) is 12.1 Å². The first-order valence-electron chi connectivity index (χ1n) is 8.17. The Labute approximate surface area is 161 Å². The zero-order valence-corrected chi connectivity index (χ0v) is 16.3. The molecule has 2 aliphatic rings. The van der Waals surface area contributed by atoms with Crippen molar-refractivity contribution in [3.63, 3.8) is 0 Å². The minimum atomic E-state index is -4.54.